The van der Waals surface area contributed by atoms with Crippen molar-refractivity contribution < 1.29 is 22.3 Å². The summed E-state index contributed by atoms with van der Waals surface area (Å²) >= 11 is 1.41. The highest BCUT2D eigenvalue weighted by atomic mass is 32.2. The highest BCUT2D eigenvalue weighted by Crippen LogP contribution is 2.31. The van der Waals surface area contributed by atoms with E-state index in [4.69, 9.17) is 4.74 Å². The number of halogens is 1. The number of sulfonamides is 1. The Kier molecular flexibility index (Phi) is 5.71. The first-order valence-electron chi connectivity index (χ1n) is 10.1. The second-order valence-electron chi connectivity index (χ2n) is 7.37. The molecule has 1 amide bonds. The van der Waals surface area contributed by atoms with Gasteiger partial charge in [-0.15, -0.1) is 11.3 Å². The molecule has 4 aromatic rings. The Morgan fingerprint density at radius 3 is 2.45 bits per heavy atom. The number of aromatic nitrogens is 2. The third-order valence-electron chi connectivity index (χ3n) is 5.34. The monoisotopic (exact) mass is 486 g/mol. The number of imidazole rings is 1. The van der Waals surface area contributed by atoms with Gasteiger partial charge in [0.05, 0.1) is 18.1 Å². The molecule has 1 aliphatic rings. The highest BCUT2D eigenvalue weighted by Gasteiger charge is 2.26. The Balaban J connectivity index is 1.42. The molecule has 0 aliphatic carbocycles. The first-order chi connectivity index (χ1) is 15.9. The predicted octanol–water partition coefficient (Wildman–Crippen LogP) is 3.48. The molecule has 0 atom stereocenters. The van der Waals surface area contributed by atoms with Crippen molar-refractivity contribution in [2.45, 2.75) is 4.90 Å². The summed E-state index contributed by atoms with van der Waals surface area (Å²) in [5.74, 6) is -0.327. The number of fused-ring (bicyclic) bond motifs is 1. The van der Waals surface area contributed by atoms with E-state index >= 15 is 0 Å². The molecule has 2 aromatic heterocycles. The summed E-state index contributed by atoms with van der Waals surface area (Å²) in [5, 5.41) is 4.71. The number of thiazole rings is 1. The topological polar surface area (TPSA) is 93.0 Å². The van der Waals surface area contributed by atoms with Crippen LogP contribution in [0, 0.1) is 5.82 Å². The molecule has 8 nitrogen and oxygen atoms in total. The van der Waals surface area contributed by atoms with Crippen molar-refractivity contribution in [1.29, 1.82) is 0 Å². The third kappa shape index (κ3) is 4.15. The van der Waals surface area contributed by atoms with Gasteiger partial charge in [0.15, 0.2) is 4.96 Å². The van der Waals surface area contributed by atoms with Gasteiger partial charge in [-0.3, -0.25) is 9.20 Å². The Morgan fingerprint density at radius 2 is 1.76 bits per heavy atom. The van der Waals surface area contributed by atoms with Gasteiger partial charge in [0, 0.05) is 35.8 Å². The number of ether oxygens (including phenoxy) is 1. The number of hydrogen-bond donors (Lipinski definition) is 1. The molecular weight excluding hydrogens is 467 g/mol. The number of nitrogens with one attached hydrogen (secondary N) is 1. The molecule has 0 spiro atoms. The number of nitrogens with zero attached hydrogens (tertiary/aromatic N) is 3. The largest absolute Gasteiger partial charge is 0.379 e. The average Bonchev–Trinajstić information content (AvgIpc) is 3.43. The predicted molar refractivity (Wildman–Crippen MR) is 122 cm³/mol. The van der Waals surface area contributed by atoms with Crippen LogP contribution in [0.15, 0.2) is 65.0 Å². The van der Waals surface area contributed by atoms with Crippen molar-refractivity contribution in [2.24, 2.45) is 0 Å². The second kappa shape index (κ2) is 8.67. The van der Waals surface area contributed by atoms with Crippen LogP contribution in [-0.4, -0.2) is 54.3 Å². The lowest BCUT2D eigenvalue weighted by Crippen LogP contribution is -2.40. The van der Waals surface area contributed by atoms with Gasteiger partial charge in [-0.25, -0.2) is 17.8 Å². The fourth-order valence-corrected chi connectivity index (χ4v) is 5.73. The summed E-state index contributed by atoms with van der Waals surface area (Å²) < 4.78 is 47.3. The quantitative estimate of drug-likeness (QED) is 0.466. The van der Waals surface area contributed by atoms with E-state index in [2.05, 4.69) is 10.3 Å². The van der Waals surface area contributed by atoms with Crippen LogP contribution in [0.4, 0.5) is 10.2 Å². The van der Waals surface area contributed by atoms with Gasteiger partial charge >= 0.3 is 0 Å². The summed E-state index contributed by atoms with van der Waals surface area (Å²) in [6, 6.07) is 11.7. The average molecular weight is 487 g/mol. The van der Waals surface area contributed by atoms with Crippen molar-refractivity contribution in [3.05, 3.63) is 71.5 Å². The minimum Gasteiger partial charge on any atom is -0.379 e. The Morgan fingerprint density at radius 1 is 1.06 bits per heavy atom. The van der Waals surface area contributed by atoms with Crippen molar-refractivity contribution >= 4 is 38.0 Å². The highest BCUT2D eigenvalue weighted by molar-refractivity contribution is 7.89. The van der Waals surface area contributed by atoms with Crippen LogP contribution in [-0.2, 0) is 14.8 Å². The van der Waals surface area contributed by atoms with E-state index in [9.17, 15) is 17.6 Å². The number of rotatable bonds is 5. The number of carbonyl (C=O) groups is 1. The van der Waals surface area contributed by atoms with Crippen LogP contribution >= 0.6 is 11.3 Å². The SMILES string of the molecule is O=C(Nc1c(-c2ccc(F)cc2)nc2sccn12)c1ccc(S(=O)(=O)N2CCOCC2)cc1. The van der Waals surface area contributed by atoms with Gasteiger partial charge in [-0.1, -0.05) is 0 Å². The Bertz CT molecular complexity index is 1410. The van der Waals surface area contributed by atoms with Crippen molar-refractivity contribution in [1.82, 2.24) is 13.7 Å². The van der Waals surface area contributed by atoms with Crippen molar-refractivity contribution in [3.63, 3.8) is 0 Å². The van der Waals surface area contributed by atoms with E-state index in [0.29, 0.717) is 53.9 Å². The minimum atomic E-state index is -3.64. The van der Waals surface area contributed by atoms with E-state index in [1.807, 2.05) is 5.38 Å². The Labute approximate surface area is 193 Å². The molecule has 2 aromatic carbocycles. The van der Waals surface area contributed by atoms with Crippen LogP contribution in [0.25, 0.3) is 16.2 Å². The maximum atomic E-state index is 13.4. The summed E-state index contributed by atoms with van der Waals surface area (Å²) in [6.45, 7) is 1.32. The number of anilines is 1. The molecule has 11 heteroatoms. The summed E-state index contributed by atoms with van der Waals surface area (Å²) in [5.41, 5.74) is 1.47. The smallest absolute Gasteiger partial charge is 0.256 e. The molecule has 3 heterocycles. The molecule has 5 rings (SSSR count). The van der Waals surface area contributed by atoms with Gasteiger partial charge in [-0.2, -0.15) is 4.31 Å². The van der Waals surface area contributed by atoms with E-state index < -0.39 is 15.9 Å². The molecule has 0 saturated carbocycles. The molecule has 1 aliphatic heterocycles. The van der Waals surface area contributed by atoms with Crippen LogP contribution in [0.2, 0.25) is 0 Å². The van der Waals surface area contributed by atoms with Crippen LogP contribution in [0.1, 0.15) is 10.4 Å². The molecule has 0 radical (unpaired) electrons. The Hall–Kier alpha value is -3.12. The third-order valence-corrected chi connectivity index (χ3v) is 8.01. The summed E-state index contributed by atoms with van der Waals surface area (Å²) in [7, 11) is -3.64. The lowest BCUT2D eigenvalue weighted by Gasteiger charge is -2.26. The van der Waals surface area contributed by atoms with E-state index in [-0.39, 0.29) is 10.7 Å². The molecule has 1 N–H and O–H groups in total. The number of amides is 1. The van der Waals surface area contributed by atoms with Crippen molar-refractivity contribution in [2.75, 3.05) is 31.6 Å². The number of hydrogen-bond acceptors (Lipinski definition) is 6. The number of morpholine rings is 1. The maximum Gasteiger partial charge on any atom is 0.256 e. The van der Waals surface area contributed by atoms with Gasteiger partial charge in [0.1, 0.15) is 17.3 Å². The zero-order chi connectivity index (χ0) is 23.0. The summed E-state index contributed by atoms with van der Waals surface area (Å²) in [4.78, 5) is 18.4. The van der Waals surface area contributed by atoms with Gasteiger partial charge < -0.3 is 10.1 Å². The van der Waals surface area contributed by atoms with E-state index in [1.54, 1.807) is 22.7 Å². The molecule has 170 valence electrons. The minimum absolute atomic E-state index is 0.123. The zero-order valence-corrected chi connectivity index (χ0v) is 18.9. The molecule has 0 bridgehead atoms. The molecule has 1 saturated heterocycles. The maximum absolute atomic E-state index is 13.4. The molecular formula is C22H19FN4O4S2. The van der Waals surface area contributed by atoms with Crippen LogP contribution < -0.4 is 5.32 Å². The lowest BCUT2D eigenvalue weighted by atomic mass is 10.1. The number of benzene rings is 2. The molecule has 0 unspecified atom stereocenters. The van der Waals surface area contributed by atoms with Gasteiger partial charge in [0.25, 0.3) is 5.91 Å². The van der Waals surface area contributed by atoms with Crippen LogP contribution in [0.5, 0.6) is 0 Å². The first kappa shape index (κ1) is 21.7. The fraction of sp³-hybridized carbons (Fsp3) is 0.182. The van der Waals surface area contributed by atoms with Crippen molar-refractivity contribution in [3.8, 4) is 11.3 Å². The summed E-state index contributed by atoms with van der Waals surface area (Å²) in [6.07, 6.45) is 1.79. The van der Waals surface area contributed by atoms with Gasteiger partial charge in [-0.05, 0) is 48.5 Å². The molecule has 1 fully saturated rings. The standard InChI is InChI=1S/C22H19FN4O4S2/c23-17-5-1-15(2-6-17)19-20(27-11-14-32-22(27)24-19)25-21(28)16-3-7-18(8-4-16)33(29,30)26-9-12-31-13-10-26/h1-8,11,14H,9-10,12-13H2,(H,25,28). The molecule has 33 heavy (non-hydrogen) atoms. The van der Waals surface area contributed by atoms with Crippen LogP contribution in [0.3, 0.4) is 0 Å². The normalized spacial score (nSPS) is 15.1. The van der Waals surface area contributed by atoms with Gasteiger partial charge in [0.2, 0.25) is 10.0 Å². The lowest BCUT2D eigenvalue weighted by molar-refractivity contribution is 0.0730. The fourth-order valence-electron chi connectivity index (χ4n) is 3.61. The first-order valence-corrected chi connectivity index (χ1v) is 12.5. The number of carbonyl (C=O) groups excluding carboxylic acids is 1. The van der Waals surface area contributed by atoms with E-state index in [0.717, 1.165) is 0 Å². The van der Waals surface area contributed by atoms with E-state index in [1.165, 1.54) is 52.0 Å². The zero-order valence-electron chi connectivity index (χ0n) is 17.3. The second-order valence-corrected chi connectivity index (χ2v) is 10.2.